The number of amidine groups is 1. The van der Waals surface area contributed by atoms with Crippen molar-refractivity contribution in [2.45, 2.75) is 30.4 Å². The second kappa shape index (κ2) is 6.62. The Kier molecular flexibility index (Phi) is 4.85. The Balaban J connectivity index is 2.28. The van der Waals surface area contributed by atoms with Crippen molar-refractivity contribution in [1.82, 2.24) is 0 Å². The number of nitrogens with two attached hydrogens (primary N) is 1. The fourth-order valence-electron chi connectivity index (χ4n) is 2.08. The molecule has 0 aromatic heterocycles. The van der Waals surface area contributed by atoms with Crippen molar-refractivity contribution in [1.29, 1.82) is 5.41 Å². The fraction of sp³-hybridized carbons (Fsp3) is 0.235. The van der Waals surface area contributed by atoms with Gasteiger partial charge in [-0.1, -0.05) is 48.0 Å². The lowest BCUT2D eigenvalue weighted by molar-refractivity contribution is 0.983. The van der Waals surface area contributed by atoms with E-state index in [1.54, 1.807) is 11.8 Å². The SMILES string of the molecule is Cc1ccc(C)c(SC(CC(=N)N)c2ccccc2)c1. The van der Waals surface area contributed by atoms with E-state index in [1.165, 1.54) is 21.6 Å². The van der Waals surface area contributed by atoms with Gasteiger partial charge < -0.3 is 5.73 Å². The van der Waals surface area contributed by atoms with E-state index in [1.807, 2.05) is 18.2 Å². The molecule has 0 aliphatic rings. The highest BCUT2D eigenvalue weighted by Crippen LogP contribution is 2.39. The van der Waals surface area contributed by atoms with Crippen LogP contribution >= 0.6 is 11.8 Å². The minimum atomic E-state index is 0.189. The highest BCUT2D eigenvalue weighted by atomic mass is 32.2. The maximum Gasteiger partial charge on any atom is 0.0920 e. The number of thioether (sulfide) groups is 1. The number of benzene rings is 2. The maximum absolute atomic E-state index is 7.60. The van der Waals surface area contributed by atoms with Crippen LogP contribution in [0.3, 0.4) is 0 Å². The van der Waals surface area contributed by atoms with E-state index in [2.05, 4.69) is 44.2 Å². The van der Waals surface area contributed by atoms with Crippen LogP contribution in [0.4, 0.5) is 0 Å². The van der Waals surface area contributed by atoms with Crippen LogP contribution in [-0.4, -0.2) is 5.84 Å². The molecule has 0 heterocycles. The lowest BCUT2D eigenvalue weighted by Gasteiger charge is -2.18. The molecule has 0 spiro atoms. The Morgan fingerprint density at radius 2 is 1.85 bits per heavy atom. The molecule has 20 heavy (non-hydrogen) atoms. The Morgan fingerprint density at radius 3 is 2.50 bits per heavy atom. The molecular weight excluding hydrogens is 264 g/mol. The van der Waals surface area contributed by atoms with Gasteiger partial charge in [0.1, 0.15) is 0 Å². The number of nitrogens with one attached hydrogen (secondary N) is 1. The van der Waals surface area contributed by atoms with Crippen molar-refractivity contribution in [3.63, 3.8) is 0 Å². The van der Waals surface area contributed by atoms with Gasteiger partial charge in [0.15, 0.2) is 0 Å². The fourth-order valence-corrected chi connectivity index (χ4v) is 3.45. The minimum Gasteiger partial charge on any atom is -0.388 e. The normalized spacial score (nSPS) is 12.1. The molecule has 0 aliphatic heterocycles. The van der Waals surface area contributed by atoms with E-state index in [0.29, 0.717) is 6.42 Å². The van der Waals surface area contributed by atoms with Crippen molar-refractivity contribution >= 4 is 17.6 Å². The molecule has 2 aromatic carbocycles. The van der Waals surface area contributed by atoms with Crippen LogP contribution in [0.25, 0.3) is 0 Å². The van der Waals surface area contributed by atoms with Gasteiger partial charge in [-0.15, -0.1) is 11.8 Å². The van der Waals surface area contributed by atoms with Gasteiger partial charge in [0.2, 0.25) is 0 Å². The first kappa shape index (κ1) is 14.7. The topological polar surface area (TPSA) is 49.9 Å². The maximum atomic E-state index is 7.60. The van der Waals surface area contributed by atoms with Crippen LogP contribution in [0.1, 0.15) is 28.4 Å². The van der Waals surface area contributed by atoms with Gasteiger partial charge in [0.05, 0.1) is 5.84 Å². The summed E-state index contributed by atoms with van der Waals surface area (Å²) in [7, 11) is 0. The van der Waals surface area contributed by atoms with Crippen LogP contribution < -0.4 is 5.73 Å². The molecule has 0 saturated carbocycles. The van der Waals surface area contributed by atoms with Crippen LogP contribution in [0, 0.1) is 19.3 Å². The molecule has 2 nitrogen and oxygen atoms in total. The van der Waals surface area contributed by atoms with Gasteiger partial charge in [-0.25, -0.2) is 0 Å². The molecule has 1 atom stereocenters. The highest BCUT2D eigenvalue weighted by Gasteiger charge is 2.15. The second-order valence-corrected chi connectivity index (χ2v) is 6.26. The first-order valence-electron chi connectivity index (χ1n) is 6.68. The summed E-state index contributed by atoms with van der Waals surface area (Å²) in [6.07, 6.45) is 0.571. The Morgan fingerprint density at radius 1 is 1.15 bits per heavy atom. The monoisotopic (exact) mass is 284 g/mol. The van der Waals surface area contributed by atoms with Gasteiger partial charge in [0, 0.05) is 16.6 Å². The van der Waals surface area contributed by atoms with Gasteiger partial charge in [-0.2, -0.15) is 0 Å². The summed E-state index contributed by atoms with van der Waals surface area (Å²) in [6, 6.07) is 16.8. The van der Waals surface area contributed by atoms with Crippen LogP contribution in [0.2, 0.25) is 0 Å². The van der Waals surface area contributed by atoms with Crippen molar-refractivity contribution in [2.24, 2.45) is 5.73 Å². The third-order valence-electron chi connectivity index (χ3n) is 3.19. The predicted octanol–water partition coefficient (Wildman–Crippen LogP) is 4.46. The first-order valence-corrected chi connectivity index (χ1v) is 7.56. The lowest BCUT2D eigenvalue weighted by Crippen LogP contribution is -2.13. The van der Waals surface area contributed by atoms with Crippen molar-refractivity contribution in [2.75, 3.05) is 0 Å². The molecular formula is C17H20N2S. The summed E-state index contributed by atoms with van der Waals surface area (Å²) in [5.41, 5.74) is 9.36. The third kappa shape index (κ3) is 3.87. The molecule has 1 unspecified atom stereocenters. The summed E-state index contributed by atoms with van der Waals surface area (Å²) < 4.78 is 0. The standard InChI is InChI=1S/C17H20N2S/c1-12-8-9-13(2)15(10-12)20-16(11-17(18)19)14-6-4-3-5-7-14/h3-10,16H,11H2,1-2H3,(H3,18,19). The van der Waals surface area contributed by atoms with Gasteiger partial charge in [-0.3, -0.25) is 5.41 Å². The smallest absolute Gasteiger partial charge is 0.0920 e. The zero-order chi connectivity index (χ0) is 14.5. The van der Waals surface area contributed by atoms with E-state index in [9.17, 15) is 0 Å². The average molecular weight is 284 g/mol. The summed E-state index contributed by atoms with van der Waals surface area (Å²) in [4.78, 5) is 1.26. The third-order valence-corrected chi connectivity index (χ3v) is 4.61. The van der Waals surface area contributed by atoms with Crippen LogP contribution in [0.5, 0.6) is 0 Å². The van der Waals surface area contributed by atoms with E-state index in [0.717, 1.165) is 0 Å². The van der Waals surface area contributed by atoms with Gasteiger partial charge in [0.25, 0.3) is 0 Å². The minimum absolute atomic E-state index is 0.189. The van der Waals surface area contributed by atoms with Crippen LogP contribution in [0.15, 0.2) is 53.4 Å². The van der Waals surface area contributed by atoms with E-state index in [-0.39, 0.29) is 11.1 Å². The van der Waals surface area contributed by atoms with Crippen molar-refractivity contribution < 1.29 is 0 Å². The zero-order valence-corrected chi connectivity index (χ0v) is 12.7. The average Bonchev–Trinajstić information content (AvgIpc) is 2.42. The summed E-state index contributed by atoms with van der Waals surface area (Å²) >= 11 is 1.79. The predicted molar refractivity (Wildman–Crippen MR) is 87.5 cm³/mol. The second-order valence-electron chi connectivity index (χ2n) is 5.02. The Labute approximate surface area is 124 Å². The van der Waals surface area contributed by atoms with Crippen molar-refractivity contribution in [3.05, 3.63) is 65.2 Å². The largest absolute Gasteiger partial charge is 0.388 e. The molecule has 2 aromatic rings. The summed E-state index contributed by atoms with van der Waals surface area (Å²) in [5, 5.41) is 7.79. The number of hydrogen-bond acceptors (Lipinski definition) is 2. The summed E-state index contributed by atoms with van der Waals surface area (Å²) in [5.74, 6) is 0.233. The molecule has 0 bridgehead atoms. The molecule has 0 aliphatic carbocycles. The Hall–Kier alpha value is -1.74. The number of rotatable bonds is 5. The molecule has 2 rings (SSSR count). The molecule has 0 saturated heterocycles. The van der Waals surface area contributed by atoms with E-state index in [4.69, 9.17) is 11.1 Å². The number of aryl methyl sites for hydroxylation is 2. The number of hydrogen-bond donors (Lipinski definition) is 2. The molecule has 3 N–H and O–H groups in total. The van der Waals surface area contributed by atoms with Crippen molar-refractivity contribution in [3.8, 4) is 0 Å². The first-order chi connectivity index (χ1) is 9.56. The molecule has 0 radical (unpaired) electrons. The van der Waals surface area contributed by atoms with Gasteiger partial charge >= 0.3 is 0 Å². The molecule has 3 heteroatoms. The molecule has 0 fully saturated rings. The summed E-state index contributed by atoms with van der Waals surface area (Å²) in [6.45, 7) is 4.23. The van der Waals surface area contributed by atoms with E-state index >= 15 is 0 Å². The quantitative estimate of drug-likeness (QED) is 0.484. The molecule has 0 amide bonds. The van der Waals surface area contributed by atoms with Crippen LogP contribution in [-0.2, 0) is 0 Å². The molecule has 104 valence electrons. The highest BCUT2D eigenvalue weighted by molar-refractivity contribution is 7.99. The Bertz CT molecular complexity index is 593. The van der Waals surface area contributed by atoms with E-state index < -0.39 is 0 Å². The lowest BCUT2D eigenvalue weighted by atomic mass is 10.1. The van der Waals surface area contributed by atoms with Gasteiger partial charge in [-0.05, 0) is 31.0 Å². The zero-order valence-electron chi connectivity index (χ0n) is 11.9.